The summed E-state index contributed by atoms with van der Waals surface area (Å²) in [5.74, 6) is 0.987. The number of benzene rings is 1. The van der Waals surface area contributed by atoms with Crippen molar-refractivity contribution in [2.45, 2.75) is 53.6 Å². The maximum atomic E-state index is 12.2. The van der Waals surface area contributed by atoms with E-state index >= 15 is 0 Å². The fourth-order valence-corrected chi connectivity index (χ4v) is 3.17. The summed E-state index contributed by atoms with van der Waals surface area (Å²) in [6, 6.07) is 7.93. The molecule has 0 aliphatic rings. The molecule has 132 valence electrons. The van der Waals surface area contributed by atoms with Crippen LogP contribution in [0.4, 0.5) is 5.69 Å². The topological polar surface area (TPSA) is 64.7 Å². The maximum absolute atomic E-state index is 12.2. The molecule has 1 aromatic carbocycles. The number of amides is 1. The molecule has 0 radical (unpaired) electrons. The molecule has 0 spiro atoms. The summed E-state index contributed by atoms with van der Waals surface area (Å²) in [4.78, 5) is 16.8. The quantitative estimate of drug-likeness (QED) is 0.746. The van der Waals surface area contributed by atoms with Crippen LogP contribution >= 0.6 is 0 Å². The fraction of sp³-hybridized carbons (Fsp3) is 0.421. The predicted molar refractivity (Wildman–Crippen MR) is 99.7 cm³/mol. The highest BCUT2D eigenvalue weighted by Crippen LogP contribution is 2.21. The standard InChI is InChI=1S/C19H25N5O/c1-5-9-23-15(4)20-17-12-16(6-7-18(17)23)21-19(25)8-10-24-14(3)11-13(2)22-24/h6-7,11-12H,5,8-10H2,1-4H3,(H,21,25). The van der Waals surface area contributed by atoms with Gasteiger partial charge in [0.1, 0.15) is 5.82 Å². The molecule has 3 rings (SSSR count). The van der Waals surface area contributed by atoms with Gasteiger partial charge in [0.2, 0.25) is 5.91 Å². The molecule has 3 aromatic rings. The van der Waals surface area contributed by atoms with Gasteiger partial charge in [0.15, 0.2) is 0 Å². The van der Waals surface area contributed by atoms with Crippen molar-refractivity contribution in [2.24, 2.45) is 0 Å². The molecule has 1 N–H and O–H groups in total. The van der Waals surface area contributed by atoms with E-state index in [0.717, 1.165) is 46.9 Å². The summed E-state index contributed by atoms with van der Waals surface area (Å²) in [6.45, 7) is 9.67. The molecule has 6 heteroatoms. The van der Waals surface area contributed by atoms with Crippen LogP contribution in [0.1, 0.15) is 37.0 Å². The highest BCUT2D eigenvalue weighted by atomic mass is 16.1. The first-order valence-corrected chi connectivity index (χ1v) is 8.75. The van der Waals surface area contributed by atoms with Crippen LogP contribution in [0.2, 0.25) is 0 Å². The first-order valence-electron chi connectivity index (χ1n) is 8.75. The number of carbonyl (C=O) groups excluding carboxylic acids is 1. The number of hydrogen-bond acceptors (Lipinski definition) is 3. The molecule has 0 bridgehead atoms. The molecule has 0 aliphatic heterocycles. The third-order valence-corrected chi connectivity index (χ3v) is 4.32. The minimum atomic E-state index is -0.0170. The lowest BCUT2D eigenvalue weighted by molar-refractivity contribution is -0.116. The molecule has 2 heterocycles. The van der Waals surface area contributed by atoms with E-state index in [2.05, 4.69) is 26.9 Å². The number of rotatable bonds is 6. The zero-order valence-corrected chi connectivity index (χ0v) is 15.3. The van der Waals surface area contributed by atoms with Gasteiger partial charge < -0.3 is 9.88 Å². The Kier molecular flexibility index (Phi) is 4.88. The van der Waals surface area contributed by atoms with Gasteiger partial charge in [-0.1, -0.05) is 6.92 Å². The Hall–Kier alpha value is -2.63. The first kappa shape index (κ1) is 17.2. The van der Waals surface area contributed by atoms with Gasteiger partial charge >= 0.3 is 0 Å². The van der Waals surface area contributed by atoms with E-state index < -0.39 is 0 Å². The molecule has 0 fully saturated rings. The van der Waals surface area contributed by atoms with Crippen molar-refractivity contribution >= 4 is 22.6 Å². The van der Waals surface area contributed by atoms with Gasteiger partial charge in [0.05, 0.1) is 16.7 Å². The van der Waals surface area contributed by atoms with Crippen LogP contribution in [0.25, 0.3) is 11.0 Å². The Balaban J connectivity index is 1.68. The van der Waals surface area contributed by atoms with Crippen LogP contribution in [-0.4, -0.2) is 25.2 Å². The van der Waals surface area contributed by atoms with Crippen molar-refractivity contribution in [1.82, 2.24) is 19.3 Å². The number of nitrogens with zero attached hydrogens (tertiary/aromatic N) is 4. The van der Waals surface area contributed by atoms with Crippen molar-refractivity contribution in [3.63, 3.8) is 0 Å². The Morgan fingerprint density at radius 1 is 1.16 bits per heavy atom. The fourth-order valence-electron chi connectivity index (χ4n) is 3.17. The van der Waals surface area contributed by atoms with Gasteiger partial charge in [0.25, 0.3) is 0 Å². The van der Waals surface area contributed by atoms with Gasteiger partial charge in [-0.15, -0.1) is 0 Å². The highest BCUT2D eigenvalue weighted by Gasteiger charge is 2.10. The SMILES string of the molecule is CCCn1c(C)nc2cc(NC(=O)CCn3nc(C)cc3C)ccc21. The van der Waals surface area contributed by atoms with Crippen molar-refractivity contribution in [3.8, 4) is 0 Å². The van der Waals surface area contributed by atoms with Gasteiger partial charge in [-0.05, 0) is 51.5 Å². The first-order chi connectivity index (χ1) is 12.0. The molecule has 0 saturated carbocycles. The van der Waals surface area contributed by atoms with E-state index in [-0.39, 0.29) is 5.91 Å². The molecule has 0 atom stereocenters. The zero-order valence-electron chi connectivity index (χ0n) is 15.3. The molecule has 0 saturated heterocycles. The number of hydrogen-bond donors (Lipinski definition) is 1. The van der Waals surface area contributed by atoms with Crippen LogP contribution in [-0.2, 0) is 17.9 Å². The second-order valence-corrected chi connectivity index (χ2v) is 6.46. The second-order valence-electron chi connectivity index (χ2n) is 6.46. The number of fused-ring (bicyclic) bond motifs is 1. The lowest BCUT2D eigenvalue weighted by Gasteiger charge is -2.08. The molecule has 2 aromatic heterocycles. The lowest BCUT2D eigenvalue weighted by Crippen LogP contribution is -2.15. The molecule has 0 unspecified atom stereocenters. The second kappa shape index (κ2) is 7.09. The number of carbonyl (C=O) groups is 1. The van der Waals surface area contributed by atoms with Crippen LogP contribution in [0.3, 0.4) is 0 Å². The van der Waals surface area contributed by atoms with Gasteiger partial charge in [-0.2, -0.15) is 5.10 Å². The van der Waals surface area contributed by atoms with Crippen LogP contribution in [0.15, 0.2) is 24.3 Å². The lowest BCUT2D eigenvalue weighted by atomic mass is 10.2. The molecular weight excluding hydrogens is 314 g/mol. The molecule has 6 nitrogen and oxygen atoms in total. The summed E-state index contributed by atoms with van der Waals surface area (Å²) in [6.07, 6.45) is 1.46. The summed E-state index contributed by atoms with van der Waals surface area (Å²) in [5, 5.41) is 7.35. The Morgan fingerprint density at radius 3 is 2.64 bits per heavy atom. The third-order valence-electron chi connectivity index (χ3n) is 4.32. The van der Waals surface area contributed by atoms with Crippen molar-refractivity contribution in [1.29, 1.82) is 0 Å². The zero-order chi connectivity index (χ0) is 18.0. The van der Waals surface area contributed by atoms with E-state index in [0.29, 0.717) is 13.0 Å². The Morgan fingerprint density at radius 2 is 1.96 bits per heavy atom. The van der Waals surface area contributed by atoms with E-state index in [1.54, 1.807) is 0 Å². The van der Waals surface area contributed by atoms with E-state index in [4.69, 9.17) is 0 Å². The summed E-state index contributed by atoms with van der Waals surface area (Å²) in [7, 11) is 0. The van der Waals surface area contributed by atoms with Gasteiger partial charge in [-0.25, -0.2) is 4.98 Å². The van der Waals surface area contributed by atoms with Crippen molar-refractivity contribution in [3.05, 3.63) is 41.5 Å². The molecule has 25 heavy (non-hydrogen) atoms. The maximum Gasteiger partial charge on any atom is 0.226 e. The summed E-state index contributed by atoms with van der Waals surface area (Å²) >= 11 is 0. The van der Waals surface area contributed by atoms with Crippen molar-refractivity contribution < 1.29 is 4.79 Å². The Labute approximate surface area is 147 Å². The van der Waals surface area contributed by atoms with Crippen molar-refractivity contribution in [2.75, 3.05) is 5.32 Å². The third kappa shape index (κ3) is 3.73. The smallest absolute Gasteiger partial charge is 0.226 e. The monoisotopic (exact) mass is 339 g/mol. The molecule has 1 amide bonds. The van der Waals surface area contributed by atoms with Gasteiger partial charge in [-0.3, -0.25) is 9.48 Å². The van der Waals surface area contributed by atoms with Gasteiger partial charge in [0, 0.05) is 30.9 Å². The number of aryl methyl sites for hydroxylation is 5. The molecular formula is C19H25N5O. The Bertz CT molecular complexity index is 906. The van der Waals surface area contributed by atoms with Crippen LogP contribution in [0.5, 0.6) is 0 Å². The minimum absolute atomic E-state index is 0.0170. The van der Waals surface area contributed by atoms with Crippen LogP contribution in [0, 0.1) is 20.8 Å². The average Bonchev–Trinajstić information content (AvgIpc) is 3.04. The largest absolute Gasteiger partial charge is 0.328 e. The summed E-state index contributed by atoms with van der Waals surface area (Å²) < 4.78 is 4.08. The molecule has 0 aliphatic carbocycles. The van der Waals surface area contributed by atoms with E-state index in [1.165, 1.54) is 0 Å². The highest BCUT2D eigenvalue weighted by molar-refractivity contribution is 5.93. The predicted octanol–water partition coefficient (Wildman–Crippen LogP) is 3.60. The minimum Gasteiger partial charge on any atom is -0.328 e. The summed E-state index contributed by atoms with van der Waals surface area (Å²) in [5.41, 5.74) is 4.86. The van der Waals surface area contributed by atoms with E-state index in [1.807, 2.05) is 49.7 Å². The normalized spacial score (nSPS) is 11.2. The van der Waals surface area contributed by atoms with E-state index in [9.17, 15) is 4.79 Å². The van der Waals surface area contributed by atoms with Crippen LogP contribution < -0.4 is 5.32 Å². The average molecular weight is 339 g/mol. The number of nitrogens with one attached hydrogen (secondary N) is 1. The number of imidazole rings is 1. The number of anilines is 1. The number of aromatic nitrogens is 4.